The molecule has 3 nitrogen and oxygen atoms in total. The predicted octanol–water partition coefficient (Wildman–Crippen LogP) is 6.49. The average Bonchev–Trinajstić information content (AvgIpc) is 2.67. The summed E-state index contributed by atoms with van der Waals surface area (Å²) in [4.78, 5) is 13.6. The average molecular weight is 394 g/mol. The van der Waals surface area contributed by atoms with Crippen LogP contribution in [0.5, 0.6) is 5.75 Å². The molecule has 1 aliphatic rings. The first-order valence-electron chi connectivity index (χ1n) is 10.9. The number of aryl methyl sites for hydroxylation is 3. The van der Waals surface area contributed by atoms with E-state index in [1.165, 1.54) is 12.0 Å². The fourth-order valence-electron chi connectivity index (χ4n) is 4.50. The second kappa shape index (κ2) is 9.02. The van der Waals surface area contributed by atoms with E-state index in [1.807, 2.05) is 12.1 Å². The van der Waals surface area contributed by atoms with Gasteiger partial charge >= 0.3 is 0 Å². The first-order chi connectivity index (χ1) is 13.8. The number of carbonyl (C=O) groups is 1. The number of carbonyl (C=O) groups excluding carboxylic acids is 1. The minimum Gasteiger partial charge on any atom is -0.493 e. The van der Waals surface area contributed by atoms with Crippen LogP contribution in [0.15, 0.2) is 36.4 Å². The summed E-state index contributed by atoms with van der Waals surface area (Å²) in [6.07, 6.45) is 5.23. The number of hydrogen-bond donors (Lipinski definition) is 1. The first-order valence-corrected chi connectivity index (χ1v) is 10.9. The highest BCUT2D eigenvalue weighted by atomic mass is 16.5. The van der Waals surface area contributed by atoms with Crippen molar-refractivity contribution in [2.75, 3.05) is 11.9 Å². The summed E-state index contributed by atoms with van der Waals surface area (Å²) in [6, 6.07) is 12.5. The van der Waals surface area contributed by atoms with Crippen LogP contribution in [0, 0.1) is 26.7 Å². The molecule has 0 aromatic heterocycles. The van der Waals surface area contributed by atoms with Crippen molar-refractivity contribution in [2.45, 2.75) is 72.1 Å². The van der Waals surface area contributed by atoms with Gasteiger partial charge in [-0.1, -0.05) is 62.9 Å². The third-order valence-electron chi connectivity index (χ3n) is 5.99. The predicted molar refractivity (Wildman–Crippen MR) is 121 cm³/mol. The molecule has 29 heavy (non-hydrogen) atoms. The van der Waals surface area contributed by atoms with E-state index in [0.717, 1.165) is 53.8 Å². The summed E-state index contributed by atoms with van der Waals surface area (Å²) in [5, 5.41) is 3.25. The lowest BCUT2D eigenvalue weighted by Crippen LogP contribution is -2.42. The van der Waals surface area contributed by atoms with Crippen molar-refractivity contribution in [3.05, 3.63) is 58.7 Å². The third kappa shape index (κ3) is 4.83. The van der Waals surface area contributed by atoms with Gasteiger partial charge in [0.1, 0.15) is 5.75 Å². The molecule has 3 rings (SSSR count). The molecule has 2 aromatic carbocycles. The van der Waals surface area contributed by atoms with E-state index < -0.39 is 5.41 Å². The van der Waals surface area contributed by atoms with Crippen LogP contribution in [0.25, 0.3) is 0 Å². The number of ether oxygens (including phenoxy) is 1. The SMILES string of the molecule is Cc1cccc(C2(C(=O)Nc3cc(C)c(OCC(C)C)c(C)c3)CCCCC2)c1. The van der Waals surface area contributed by atoms with Crippen LogP contribution in [0.4, 0.5) is 5.69 Å². The fraction of sp³-hybridized carbons (Fsp3) is 0.500. The fourth-order valence-corrected chi connectivity index (χ4v) is 4.50. The van der Waals surface area contributed by atoms with Crippen molar-refractivity contribution >= 4 is 11.6 Å². The van der Waals surface area contributed by atoms with Crippen LogP contribution in [0.2, 0.25) is 0 Å². The Morgan fingerprint density at radius 2 is 1.69 bits per heavy atom. The van der Waals surface area contributed by atoms with Gasteiger partial charge in [-0.2, -0.15) is 0 Å². The van der Waals surface area contributed by atoms with E-state index in [4.69, 9.17) is 4.74 Å². The lowest BCUT2D eigenvalue weighted by Gasteiger charge is -2.36. The molecule has 3 heteroatoms. The Bertz CT molecular complexity index is 840. The Morgan fingerprint density at radius 3 is 2.28 bits per heavy atom. The zero-order valence-corrected chi connectivity index (χ0v) is 18.6. The van der Waals surface area contributed by atoms with Crippen LogP contribution < -0.4 is 10.1 Å². The second-order valence-electron chi connectivity index (χ2n) is 9.11. The standard InChI is InChI=1S/C26H35NO2/c1-18(2)17-29-24-20(4)15-23(16-21(24)5)27-25(28)26(12-7-6-8-13-26)22-11-9-10-19(3)14-22/h9-11,14-16,18H,6-8,12-13,17H2,1-5H3,(H,27,28). The minimum atomic E-state index is -0.432. The number of amides is 1. The quantitative estimate of drug-likeness (QED) is 0.609. The van der Waals surface area contributed by atoms with Crippen molar-refractivity contribution in [1.29, 1.82) is 0 Å². The Labute approximate surface area is 175 Å². The van der Waals surface area contributed by atoms with E-state index in [2.05, 4.69) is 64.2 Å². The molecule has 1 saturated carbocycles. The lowest BCUT2D eigenvalue weighted by atomic mass is 9.68. The second-order valence-corrected chi connectivity index (χ2v) is 9.11. The summed E-state index contributed by atoms with van der Waals surface area (Å²) in [6.45, 7) is 11.2. The normalized spacial score (nSPS) is 15.9. The molecule has 156 valence electrons. The van der Waals surface area contributed by atoms with Crippen molar-refractivity contribution < 1.29 is 9.53 Å². The van der Waals surface area contributed by atoms with Gasteiger partial charge in [0, 0.05) is 5.69 Å². The maximum Gasteiger partial charge on any atom is 0.235 e. The molecular formula is C26H35NO2. The summed E-state index contributed by atoms with van der Waals surface area (Å²) in [7, 11) is 0. The van der Waals surface area contributed by atoms with E-state index in [1.54, 1.807) is 0 Å². The van der Waals surface area contributed by atoms with Crippen LogP contribution >= 0.6 is 0 Å². The summed E-state index contributed by atoms with van der Waals surface area (Å²) in [5.41, 5.74) is 4.92. The maximum atomic E-state index is 13.6. The monoisotopic (exact) mass is 393 g/mol. The van der Waals surface area contributed by atoms with Crippen LogP contribution in [-0.4, -0.2) is 12.5 Å². The van der Waals surface area contributed by atoms with E-state index >= 15 is 0 Å². The molecule has 1 amide bonds. The Hall–Kier alpha value is -2.29. The maximum absolute atomic E-state index is 13.6. The van der Waals surface area contributed by atoms with E-state index in [-0.39, 0.29) is 5.91 Å². The molecule has 1 N–H and O–H groups in total. The first kappa shape index (κ1) is 21.4. The van der Waals surface area contributed by atoms with Gasteiger partial charge in [0.25, 0.3) is 0 Å². The van der Waals surface area contributed by atoms with Crippen molar-refractivity contribution in [1.82, 2.24) is 0 Å². The molecule has 0 saturated heterocycles. The van der Waals surface area contributed by atoms with Crippen molar-refractivity contribution in [2.24, 2.45) is 5.92 Å². The topological polar surface area (TPSA) is 38.3 Å². The number of hydrogen-bond acceptors (Lipinski definition) is 2. The molecule has 1 aliphatic carbocycles. The lowest BCUT2D eigenvalue weighted by molar-refractivity contribution is -0.122. The number of benzene rings is 2. The van der Waals surface area contributed by atoms with E-state index in [0.29, 0.717) is 12.5 Å². The Kier molecular flexibility index (Phi) is 6.66. The van der Waals surface area contributed by atoms with Crippen LogP contribution in [0.1, 0.15) is 68.2 Å². The van der Waals surface area contributed by atoms with Crippen molar-refractivity contribution in [3.8, 4) is 5.75 Å². The summed E-state index contributed by atoms with van der Waals surface area (Å²) in [5.74, 6) is 1.54. The van der Waals surface area contributed by atoms with Gasteiger partial charge < -0.3 is 10.1 Å². The molecule has 0 heterocycles. The van der Waals surface area contributed by atoms with Crippen molar-refractivity contribution in [3.63, 3.8) is 0 Å². The highest BCUT2D eigenvalue weighted by Gasteiger charge is 2.41. The van der Waals surface area contributed by atoms with Gasteiger partial charge in [-0.25, -0.2) is 0 Å². The van der Waals surface area contributed by atoms with Gasteiger partial charge in [0.15, 0.2) is 0 Å². The van der Waals surface area contributed by atoms with Gasteiger partial charge in [0.2, 0.25) is 5.91 Å². The molecule has 0 aliphatic heterocycles. The van der Waals surface area contributed by atoms with Gasteiger partial charge in [-0.15, -0.1) is 0 Å². The zero-order chi connectivity index (χ0) is 21.0. The highest BCUT2D eigenvalue weighted by Crippen LogP contribution is 2.41. The van der Waals surface area contributed by atoms with Gasteiger partial charge in [-0.3, -0.25) is 4.79 Å². The summed E-state index contributed by atoms with van der Waals surface area (Å²) < 4.78 is 5.99. The number of anilines is 1. The zero-order valence-electron chi connectivity index (χ0n) is 18.6. The molecular weight excluding hydrogens is 358 g/mol. The Balaban J connectivity index is 1.87. The van der Waals surface area contributed by atoms with Gasteiger partial charge in [0.05, 0.1) is 12.0 Å². The minimum absolute atomic E-state index is 0.123. The van der Waals surface area contributed by atoms with E-state index in [9.17, 15) is 4.79 Å². The molecule has 0 unspecified atom stereocenters. The highest BCUT2D eigenvalue weighted by molar-refractivity contribution is 5.99. The largest absolute Gasteiger partial charge is 0.493 e. The Morgan fingerprint density at radius 1 is 1.03 bits per heavy atom. The smallest absolute Gasteiger partial charge is 0.235 e. The number of rotatable bonds is 6. The molecule has 2 aromatic rings. The summed E-state index contributed by atoms with van der Waals surface area (Å²) >= 11 is 0. The van der Waals surface area contributed by atoms with Gasteiger partial charge in [-0.05, 0) is 68.4 Å². The molecule has 0 radical (unpaired) electrons. The van der Waals surface area contributed by atoms with Crippen LogP contribution in [0.3, 0.4) is 0 Å². The molecule has 0 bridgehead atoms. The molecule has 1 fully saturated rings. The third-order valence-corrected chi connectivity index (χ3v) is 5.99. The van der Waals surface area contributed by atoms with Crippen LogP contribution in [-0.2, 0) is 10.2 Å². The molecule has 0 atom stereocenters. The number of nitrogens with one attached hydrogen (secondary N) is 1. The molecule has 0 spiro atoms.